The van der Waals surface area contributed by atoms with Gasteiger partial charge in [-0.15, -0.1) is 0 Å². The highest BCUT2D eigenvalue weighted by Gasteiger charge is 2.55. The molecular weight excluding hydrogens is 352 g/mol. The molecule has 0 amide bonds. The Hall–Kier alpha value is -1.91. The minimum Gasteiger partial charge on any atom is -0.456 e. The number of benzene rings is 1. The standard InChI is InChI=1S/C24H32O4/c1-23(19-24(2)21(27-28-23)18-22(25)26-24)17-13-8-6-4-3-5-7-10-14-20-15-11-9-12-16-20/h5,7,9-12,14-16,21H,3-4,6,8,13,17-19H2,1-2H3/t21-,23+,24-/m1/s1. The molecule has 0 bridgehead atoms. The van der Waals surface area contributed by atoms with E-state index >= 15 is 0 Å². The molecule has 0 aliphatic carbocycles. The van der Waals surface area contributed by atoms with Gasteiger partial charge in [-0.2, -0.15) is 0 Å². The monoisotopic (exact) mass is 384 g/mol. The number of allylic oxidation sites excluding steroid dienone is 3. The van der Waals surface area contributed by atoms with Crippen LogP contribution in [0, 0.1) is 0 Å². The normalized spacial score (nSPS) is 30.1. The lowest BCUT2D eigenvalue weighted by atomic mass is 9.82. The molecule has 2 saturated heterocycles. The first-order valence-corrected chi connectivity index (χ1v) is 10.4. The molecule has 4 nitrogen and oxygen atoms in total. The summed E-state index contributed by atoms with van der Waals surface area (Å²) >= 11 is 0. The highest BCUT2D eigenvalue weighted by Crippen LogP contribution is 2.44. The molecule has 2 heterocycles. The molecule has 0 N–H and O–H groups in total. The largest absolute Gasteiger partial charge is 0.456 e. The van der Waals surface area contributed by atoms with Crippen molar-refractivity contribution >= 4 is 12.0 Å². The van der Waals surface area contributed by atoms with Gasteiger partial charge in [-0.1, -0.05) is 73.9 Å². The molecule has 0 aromatic heterocycles. The second-order valence-corrected chi connectivity index (χ2v) is 8.44. The Morgan fingerprint density at radius 3 is 2.68 bits per heavy atom. The Bertz CT molecular complexity index is 696. The molecule has 0 radical (unpaired) electrons. The summed E-state index contributed by atoms with van der Waals surface area (Å²) in [7, 11) is 0. The van der Waals surface area contributed by atoms with E-state index in [1.165, 1.54) is 24.8 Å². The van der Waals surface area contributed by atoms with Crippen LogP contribution < -0.4 is 0 Å². The van der Waals surface area contributed by atoms with E-state index in [0.29, 0.717) is 12.8 Å². The molecule has 2 aliphatic heterocycles. The number of esters is 1. The summed E-state index contributed by atoms with van der Waals surface area (Å²) in [5.74, 6) is -0.188. The van der Waals surface area contributed by atoms with Crippen LogP contribution in [0.15, 0.2) is 48.6 Å². The number of rotatable bonds is 9. The van der Waals surface area contributed by atoms with Gasteiger partial charge in [0.1, 0.15) is 17.3 Å². The second kappa shape index (κ2) is 9.53. The SMILES string of the molecule is C[C@]1(CCCCCCC=CC=Cc2ccccc2)C[C@@]2(C)OC(=O)C[C@H]2OO1. The van der Waals surface area contributed by atoms with Crippen molar-refractivity contribution < 1.29 is 19.3 Å². The number of carbonyl (C=O) groups is 1. The number of ether oxygens (including phenoxy) is 1. The third kappa shape index (κ3) is 5.79. The van der Waals surface area contributed by atoms with E-state index in [0.717, 1.165) is 19.3 Å². The highest BCUT2D eigenvalue weighted by atomic mass is 17.2. The van der Waals surface area contributed by atoms with E-state index in [2.05, 4.69) is 43.4 Å². The molecule has 3 atom stereocenters. The van der Waals surface area contributed by atoms with Crippen LogP contribution >= 0.6 is 0 Å². The molecule has 2 aliphatic rings. The van der Waals surface area contributed by atoms with E-state index in [4.69, 9.17) is 14.5 Å². The van der Waals surface area contributed by atoms with Crippen LogP contribution in [0.25, 0.3) is 6.08 Å². The van der Waals surface area contributed by atoms with Crippen LogP contribution in [-0.4, -0.2) is 23.3 Å². The fraction of sp³-hybridized carbons (Fsp3) is 0.542. The minimum atomic E-state index is -0.540. The van der Waals surface area contributed by atoms with Crippen LogP contribution in [0.3, 0.4) is 0 Å². The Morgan fingerprint density at radius 1 is 1.07 bits per heavy atom. The fourth-order valence-electron chi connectivity index (χ4n) is 4.12. The third-order valence-electron chi connectivity index (χ3n) is 5.63. The molecule has 1 aromatic rings. The number of unbranched alkanes of at least 4 members (excludes halogenated alkanes) is 4. The van der Waals surface area contributed by atoms with Crippen molar-refractivity contribution in [1.82, 2.24) is 0 Å². The van der Waals surface area contributed by atoms with Crippen molar-refractivity contribution in [1.29, 1.82) is 0 Å². The Morgan fingerprint density at radius 2 is 1.86 bits per heavy atom. The minimum absolute atomic E-state index is 0.188. The zero-order chi connectivity index (χ0) is 19.9. The van der Waals surface area contributed by atoms with Gasteiger partial charge in [0.15, 0.2) is 0 Å². The summed E-state index contributed by atoms with van der Waals surface area (Å²) in [5, 5.41) is 0. The molecule has 0 unspecified atom stereocenters. The van der Waals surface area contributed by atoms with Gasteiger partial charge in [0.25, 0.3) is 0 Å². The van der Waals surface area contributed by atoms with E-state index in [1.807, 2.05) is 25.1 Å². The van der Waals surface area contributed by atoms with Crippen molar-refractivity contribution in [3.8, 4) is 0 Å². The van der Waals surface area contributed by atoms with Crippen molar-refractivity contribution in [3.63, 3.8) is 0 Å². The summed E-state index contributed by atoms with van der Waals surface area (Å²) in [6.07, 6.45) is 16.0. The lowest BCUT2D eigenvalue weighted by Crippen LogP contribution is -2.51. The number of carbonyl (C=O) groups excluding carboxylic acids is 1. The van der Waals surface area contributed by atoms with Crippen molar-refractivity contribution in [2.24, 2.45) is 0 Å². The van der Waals surface area contributed by atoms with Crippen LogP contribution in [0.2, 0.25) is 0 Å². The van der Waals surface area contributed by atoms with Crippen LogP contribution in [-0.2, 0) is 19.3 Å². The molecule has 1 aromatic carbocycles. The van der Waals surface area contributed by atoms with E-state index < -0.39 is 5.60 Å². The molecule has 4 heteroatoms. The van der Waals surface area contributed by atoms with Gasteiger partial charge in [-0.3, -0.25) is 4.79 Å². The molecule has 28 heavy (non-hydrogen) atoms. The van der Waals surface area contributed by atoms with Crippen LogP contribution in [0.5, 0.6) is 0 Å². The van der Waals surface area contributed by atoms with Crippen molar-refractivity contribution in [2.75, 3.05) is 0 Å². The zero-order valence-electron chi connectivity index (χ0n) is 17.1. The van der Waals surface area contributed by atoms with Gasteiger partial charge in [-0.25, -0.2) is 9.78 Å². The Kier molecular flexibility index (Phi) is 7.08. The molecule has 2 fully saturated rings. The quantitative estimate of drug-likeness (QED) is 0.234. The average Bonchev–Trinajstić information content (AvgIpc) is 2.96. The first-order valence-electron chi connectivity index (χ1n) is 10.4. The summed E-state index contributed by atoms with van der Waals surface area (Å²) in [6, 6.07) is 10.3. The summed E-state index contributed by atoms with van der Waals surface area (Å²) in [6.45, 7) is 4.02. The lowest BCUT2D eigenvalue weighted by molar-refractivity contribution is -0.428. The van der Waals surface area contributed by atoms with Crippen molar-refractivity contribution in [2.45, 2.75) is 82.5 Å². The summed E-state index contributed by atoms with van der Waals surface area (Å²) < 4.78 is 5.51. The predicted molar refractivity (Wildman–Crippen MR) is 110 cm³/mol. The number of fused-ring (bicyclic) bond motifs is 1. The second-order valence-electron chi connectivity index (χ2n) is 8.44. The third-order valence-corrected chi connectivity index (χ3v) is 5.63. The maximum Gasteiger partial charge on any atom is 0.309 e. The van der Waals surface area contributed by atoms with Gasteiger partial charge in [0.05, 0.1) is 6.42 Å². The molecule has 0 spiro atoms. The highest BCUT2D eigenvalue weighted by molar-refractivity contribution is 5.73. The van der Waals surface area contributed by atoms with E-state index in [9.17, 15) is 4.79 Å². The fourth-order valence-corrected chi connectivity index (χ4v) is 4.12. The maximum absolute atomic E-state index is 11.6. The van der Waals surface area contributed by atoms with E-state index in [1.54, 1.807) is 0 Å². The molecule has 3 rings (SSSR count). The van der Waals surface area contributed by atoms with Gasteiger partial charge >= 0.3 is 5.97 Å². The summed E-state index contributed by atoms with van der Waals surface area (Å²) in [4.78, 5) is 22.7. The number of hydrogen-bond donors (Lipinski definition) is 0. The van der Waals surface area contributed by atoms with Gasteiger partial charge in [-0.05, 0) is 38.7 Å². The van der Waals surface area contributed by atoms with Gasteiger partial charge in [0.2, 0.25) is 0 Å². The zero-order valence-corrected chi connectivity index (χ0v) is 17.1. The molecular formula is C24H32O4. The van der Waals surface area contributed by atoms with Crippen LogP contribution in [0.4, 0.5) is 0 Å². The first-order chi connectivity index (χ1) is 13.5. The number of hydrogen-bond acceptors (Lipinski definition) is 4. The van der Waals surface area contributed by atoms with E-state index in [-0.39, 0.29) is 17.7 Å². The Balaban J connectivity index is 1.27. The maximum atomic E-state index is 11.6. The first kappa shape index (κ1) is 20.8. The summed E-state index contributed by atoms with van der Waals surface area (Å²) in [5.41, 5.74) is 0.308. The smallest absolute Gasteiger partial charge is 0.309 e. The topological polar surface area (TPSA) is 44.8 Å². The average molecular weight is 385 g/mol. The van der Waals surface area contributed by atoms with Crippen molar-refractivity contribution in [3.05, 3.63) is 54.1 Å². The lowest BCUT2D eigenvalue weighted by Gasteiger charge is -2.43. The van der Waals surface area contributed by atoms with Gasteiger partial charge < -0.3 is 4.74 Å². The molecule has 0 saturated carbocycles. The molecule has 152 valence electrons. The predicted octanol–water partition coefficient (Wildman–Crippen LogP) is 5.78. The Labute approximate surface area is 168 Å². The van der Waals surface area contributed by atoms with Crippen LogP contribution in [0.1, 0.15) is 70.8 Å². The van der Waals surface area contributed by atoms with Gasteiger partial charge in [0, 0.05) is 6.42 Å².